The minimum absolute atomic E-state index is 0.109. The zero-order valence-corrected chi connectivity index (χ0v) is 17.2. The van der Waals surface area contributed by atoms with Gasteiger partial charge in [-0.05, 0) is 22.9 Å². The Morgan fingerprint density at radius 2 is 1.63 bits per heavy atom. The Bertz CT molecular complexity index is 1210. The van der Waals surface area contributed by atoms with Gasteiger partial charge in [-0.15, -0.1) is 0 Å². The second-order valence-corrected chi connectivity index (χ2v) is 6.89. The van der Waals surface area contributed by atoms with Crippen molar-refractivity contribution in [1.82, 2.24) is 5.32 Å². The van der Waals surface area contributed by atoms with E-state index in [4.69, 9.17) is 18.6 Å². The summed E-state index contributed by atoms with van der Waals surface area (Å²) in [6.45, 7) is 0.304. The fourth-order valence-corrected chi connectivity index (χ4v) is 3.66. The van der Waals surface area contributed by atoms with E-state index in [-0.39, 0.29) is 12.3 Å². The van der Waals surface area contributed by atoms with Crippen molar-refractivity contribution in [2.45, 2.75) is 13.0 Å². The number of amides is 1. The number of nitrogens with one attached hydrogen (secondary N) is 1. The van der Waals surface area contributed by atoms with E-state index < -0.39 is 0 Å². The number of hydrogen-bond donors (Lipinski definition) is 1. The Morgan fingerprint density at radius 3 is 2.40 bits per heavy atom. The van der Waals surface area contributed by atoms with E-state index in [9.17, 15) is 4.79 Å². The number of hydrogen-bond acceptors (Lipinski definition) is 5. The molecule has 6 heteroatoms. The van der Waals surface area contributed by atoms with E-state index in [0.717, 1.165) is 32.9 Å². The monoisotopic (exact) mass is 405 g/mol. The van der Waals surface area contributed by atoms with Gasteiger partial charge in [-0.1, -0.05) is 30.3 Å². The highest BCUT2D eigenvalue weighted by Crippen LogP contribution is 2.34. The third kappa shape index (κ3) is 3.64. The number of ether oxygens (including phenoxy) is 3. The molecule has 1 N–H and O–H groups in total. The fraction of sp³-hybridized carbons (Fsp3) is 0.208. The average Bonchev–Trinajstić information content (AvgIpc) is 3.20. The van der Waals surface area contributed by atoms with Gasteiger partial charge in [0.05, 0.1) is 34.0 Å². The average molecular weight is 405 g/mol. The van der Waals surface area contributed by atoms with Crippen LogP contribution >= 0.6 is 0 Å². The third-order valence-corrected chi connectivity index (χ3v) is 5.15. The molecule has 0 bridgehead atoms. The SMILES string of the molecule is COc1cc(OC)c(OC)cc1CNC(=O)Cc1coc2ccc3ccccc3c12. The largest absolute Gasteiger partial charge is 0.496 e. The summed E-state index contributed by atoms with van der Waals surface area (Å²) in [4.78, 5) is 12.7. The first-order valence-electron chi connectivity index (χ1n) is 9.58. The van der Waals surface area contributed by atoms with Crippen molar-refractivity contribution in [3.63, 3.8) is 0 Å². The summed E-state index contributed by atoms with van der Waals surface area (Å²) < 4.78 is 21.8. The minimum atomic E-state index is -0.109. The lowest BCUT2D eigenvalue weighted by atomic mass is 10.0. The first kappa shape index (κ1) is 19.6. The summed E-state index contributed by atoms with van der Waals surface area (Å²) in [6.07, 6.45) is 1.88. The number of benzene rings is 3. The maximum Gasteiger partial charge on any atom is 0.224 e. The molecular formula is C24H23NO5. The minimum Gasteiger partial charge on any atom is -0.496 e. The Hall–Kier alpha value is -3.67. The van der Waals surface area contributed by atoms with E-state index in [2.05, 4.69) is 11.4 Å². The first-order valence-corrected chi connectivity index (χ1v) is 9.58. The van der Waals surface area contributed by atoms with Gasteiger partial charge in [0, 0.05) is 29.1 Å². The molecule has 0 saturated heterocycles. The highest BCUT2D eigenvalue weighted by Gasteiger charge is 2.15. The molecule has 0 fully saturated rings. The molecular weight excluding hydrogens is 382 g/mol. The molecule has 0 aliphatic heterocycles. The van der Waals surface area contributed by atoms with Crippen LogP contribution in [-0.2, 0) is 17.8 Å². The van der Waals surface area contributed by atoms with Crippen LogP contribution in [0, 0.1) is 0 Å². The molecule has 0 aliphatic rings. The summed E-state index contributed by atoms with van der Waals surface area (Å²) in [5.74, 6) is 1.66. The van der Waals surface area contributed by atoms with Crippen LogP contribution in [0.25, 0.3) is 21.7 Å². The Balaban J connectivity index is 1.54. The topological polar surface area (TPSA) is 69.9 Å². The second kappa shape index (κ2) is 8.37. The number of carbonyl (C=O) groups excluding carboxylic acids is 1. The molecule has 0 radical (unpaired) electrons. The molecule has 1 amide bonds. The summed E-state index contributed by atoms with van der Waals surface area (Å²) in [5, 5.41) is 6.13. The number of furan rings is 1. The molecule has 0 saturated carbocycles. The molecule has 3 aromatic carbocycles. The number of carbonyl (C=O) groups is 1. The smallest absolute Gasteiger partial charge is 0.224 e. The summed E-state index contributed by atoms with van der Waals surface area (Å²) in [5.41, 5.74) is 2.43. The standard InChI is InChI=1S/C24H23NO5/c1-27-20-12-22(29-3)21(28-2)10-16(20)13-25-23(26)11-17-14-30-19-9-8-15-6-4-5-7-18(15)24(17)19/h4-10,12,14H,11,13H2,1-3H3,(H,25,26). The lowest BCUT2D eigenvalue weighted by Crippen LogP contribution is -2.24. The first-order chi connectivity index (χ1) is 14.6. The van der Waals surface area contributed by atoms with Crippen LogP contribution in [0.3, 0.4) is 0 Å². The normalized spacial score (nSPS) is 10.9. The van der Waals surface area contributed by atoms with Crippen LogP contribution in [0.4, 0.5) is 0 Å². The van der Waals surface area contributed by atoms with E-state index >= 15 is 0 Å². The van der Waals surface area contributed by atoms with Crippen molar-refractivity contribution in [2.24, 2.45) is 0 Å². The lowest BCUT2D eigenvalue weighted by Gasteiger charge is -2.14. The molecule has 0 unspecified atom stereocenters. The van der Waals surface area contributed by atoms with Crippen LogP contribution < -0.4 is 19.5 Å². The van der Waals surface area contributed by atoms with Crippen LogP contribution in [0.2, 0.25) is 0 Å². The van der Waals surface area contributed by atoms with E-state index in [0.29, 0.717) is 23.8 Å². The predicted octanol–water partition coefficient (Wildman–Crippen LogP) is 4.47. The van der Waals surface area contributed by atoms with Crippen molar-refractivity contribution >= 4 is 27.6 Å². The van der Waals surface area contributed by atoms with Gasteiger partial charge in [0.25, 0.3) is 0 Å². The van der Waals surface area contributed by atoms with Gasteiger partial charge in [0.15, 0.2) is 11.5 Å². The van der Waals surface area contributed by atoms with Crippen LogP contribution in [0.5, 0.6) is 17.2 Å². The molecule has 0 atom stereocenters. The molecule has 30 heavy (non-hydrogen) atoms. The van der Waals surface area contributed by atoms with E-state index in [1.807, 2.05) is 30.3 Å². The van der Waals surface area contributed by atoms with Crippen LogP contribution in [-0.4, -0.2) is 27.2 Å². The van der Waals surface area contributed by atoms with Crippen molar-refractivity contribution in [3.8, 4) is 17.2 Å². The maximum atomic E-state index is 12.7. The lowest BCUT2D eigenvalue weighted by molar-refractivity contribution is -0.120. The predicted molar refractivity (Wildman–Crippen MR) is 115 cm³/mol. The Morgan fingerprint density at radius 1 is 0.900 bits per heavy atom. The highest BCUT2D eigenvalue weighted by molar-refractivity contribution is 6.08. The molecule has 6 nitrogen and oxygen atoms in total. The van der Waals surface area contributed by atoms with Gasteiger partial charge in [-0.25, -0.2) is 0 Å². The number of fused-ring (bicyclic) bond motifs is 3. The maximum absolute atomic E-state index is 12.7. The Labute approximate surface area is 174 Å². The van der Waals surface area contributed by atoms with Crippen LogP contribution in [0.15, 0.2) is 59.2 Å². The van der Waals surface area contributed by atoms with Crippen molar-refractivity contribution in [3.05, 3.63) is 65.9 Å². The summed E-state index contributed by atoms with van der Waals surface area (Å²) >= 11 is 0. The van der Waals surface area contributed by atoms with Gasteiger partial charge in [0.1, 0.15) is 11.3 Å². The quantitative estimate of drug-likeness (QED) is 0.491. The van der Waals surface area contributed by atoms with Gasteiger partial charge >= 0.3 is 0 Å². The summed E-state index contributed by atoms with van der Waals surface area (Å²) in [7, 11) is 4.72. The molecule has 1 heterocycles. The second-order valence-electron chi connectivity index (χ2n) is 6.89. The molecule has 4 aromatic rings. The van der Waals surface area contributed by atoms with Crippen molar-refractivity contribution in [2.75, 3.05) is 21.3 Å². The third-order valence-electron chi connectivity index (χ3n) is 5.15. The Kier molecular flexibility index (Phi) is 5.48. The summed E-state index contributed by atoms with van der Waals surface area (Å²) in [6, 6.07) is 15.6. The number of methoxy groups -OCH3 is 3. The van der Waals surface area contributed by atoms with Crippen molar-refractivity contribution in [1.29, 1.82) is 0 Å². The highest BCUT2D eigenvalue weighted by atomic mass is 16.5. The van der Waals surface area contributed by atoms with Crippen molar-refractivity contribution < 1.29 is 23.4 Å². The van der Waals surface area contributed by atoms with E-state index in [1.54, 1.807) is 39.7 Å². The molecule has 0 spiro atoms. The molecule has 4 rings (SSSR count). The zero-order chi connectivity index (χ0) is 21.1. The van der Waals surface area contributed by atoms with Crippen LogP contribution in [0.1, 0.15) is 11.1 Å². The fourth-order valence-electron chi connectivity index (χ4n) is 3.66. The van der Waals surface area contributed by atoms with Gasteiger partial charge in [0.2, 0.25) is 5.91 Å². The number of rotatable bonds is 7. The molecule has 1 aromatic heterocycles. The zero-order valence-electron chi connectivity index (χ0n) is 17.2. The van der Waals surface area contributed by atoms with E-state index in [1.165, 1.54) is 0 Å². The van der Waals surface area contributed by atoms with Gasteiger partial charge < -0.3 is 23.9 Å². The molecule has 0 aliphatic carbocycles. The molecule has 154 valence electrons. The van der Waals surface area contributed by atoms with Gasteiger partial charge in [-0.3, -0.25) is 4.79 Å². The van der Waals surface area contributed by atoms with Gasteiger partial charge in [-0.2, -0.15) is 0 Å².